The largest absolute Gasteiger partial charge is 0.455 e. The Morgan fingerprint density at radius 2 is 1.36 bits per heavy atom. The average molecular weight is 423 g/mol. The maximum absolute atomic E-state index is 6.46. The Hall–Kier alpha value is -4.50. The molecule has 3 heteroatoms. The van der Waals surface area contributed by atoms with Crippen molar-refractivity contribution in [3.05, 3.63) is 103 Å². The van der Waals surface area contributed by atoms with Crippen molar-refractivity contribution in [1.29, 1.82) is 0 Å². The molecule has 0 fully saturated rings. The van der Waals surface area contributed by atoms with Crippen molar-refractivity contribution < 1.29 is 9.15 Å². The molecule has 0 saturated heterocycles. The van der Waals surface area contributed by atoms with E-state index in [-0.39, 0.29) is 0 Å². The van der Waals surface area contributed by atoms with Gasteiger partial charge < -0.3 is 13.7 Å². The van der Waals surface area contributed by atoms with Gasteiger partial charge in [0.05, 0.1) is 16.7 Å². The number of nitrogens with zero attached hydrogens (tertiary/aromatic N) is 1. The molecule has 0 saturated carbocycles. The molecule has 33 heavy (non-hydrogen) atoms. The summed E-state index contributed by atoms with van der Waals surface area (Å²) >= 11 is 0. The highest BCUT2D eigenvalue weighted by molar-refractivity contribution is 6.15. The molecule has 5 aromatic carbocycles. The van der Waals surface area contributed by atoms with E-state index >= 15 is 0 Å². The summed E-state index contributed by atoms with van der Waals surface area (Å²) in [6.45, 7) is 0. The first-order chi connectivity index (χ1) is 16.4. The van der Waals surface area contributed by atoms with Crippen LogP contribution in [0, 0.1) is 0 Å². The van der Waals surface area contributed by atoms with E-state index in [9.17, 15) is 0 Å². The Labute approximate surface area is 189 Å². The van der Waals surface area contributed by atoms with Crippen molar-refractivity contribution >= 4 is 43.7 Å². The van der Waals surface area contributed by atoms with Crippen molar-refractivity contribution in [1.82, 2.24) is 4.57 Å². The lowest BCUT2D eigenvalue weighted by atomic mass is 9.99. The van der Waals surface area contributed by atoms with Gasteiger partial charge in [-0.05, 0) is 42.0 Å². The molecule has 0 aliphatic carbocycles. The molecule has 3 heterocycles. The van der Waals surface area contributed by atoms with Crippen LogP contribution in [-0.2, 0) is 0 Å². The maximum Gasteiger partial charge on any atom is 0.152 e. The van der Waals surface area contributed by atoms with Gasteiger partial charge >= 0.3 is 0 Å². The minimum absolute atomic E-state index is 0.866. The van der Waals surface area contributed by atoms with Crippen molar-refractivity contribution in [2.75, 3.05) is 0 Å². The first kappa shape index (κ1) is 17.1. The Morgan fingerprint density at radius 1 is 0.576 bits per heavy atom. The van der Waals surface area contributed by atoms with Crippen LogP contribution in [0.2, 0.25) is 0 Å². The summed E-state index contributed by atoms with van der Waals surface area (Å²) in [6, 6.07) is 35.8. The molecular formula is C30H17NO2. The van der Waals surface area contributed by atoms with E-state index in [2.05, 4.69) is 83.4 Å². The fourth-order valence-electron chi connectivity index (χ4n) is 5.37. The third kappa shape index (κ3) is 2.18. The van der Waals surface area contributed by atoms with Crippen LogP contribution in [0.4, 0.5) is 0 Å². The second-order valence-corrected chi connectivity index (χ2v) is 8.57. The van der Waals surface area contributed by atoms with E-state index in [4.69, 9.17) is 9.15 Å². The van der Waals surface area contributed by atoms with Crippen molar-refractivity contribution in [3.8, 4) is 28.3 Å². The van der Waals surface area contributed by atoms with Gasteiger partial charge in [-0.15, -0.1) is 0 Å². The molecule has 3 nitrogen and oxygen atoms in total. The zero-order chi connectivity index (χ0) is 21.5. The number of hydrogen-bond donors (Lipinski definition) is 0. The van der Waals surface area contributed by atoms with E-state index in [0.717, 1.165) is 55.8 Å². The molecule has 7 aromatic rings. The van der Waals surface area contributed by atoms with Crippen LogP contribution in [0.3, 0.4) is 0 Å². The van der Waals surface area contributed by atoms with E-state index in [1.54, 1.807) is 0 Å². The molecule has 0 spiro atoms. The second kappa shape index (κ2) is 6.05. The smallest absolute Gasteiger partial charge is 0.152 e. The number of furan rings is 1. The minimum Gasteiger partial charge on any atom is -0.455 e. The summed E-state index contributed by atoms with van der Waals surface area (Å²) in [5, 5.41) is 4.66. The van der Waals surface area contributed by atoms with Crippen LogP contribution in [0.15, 0.2) is 108 Å². The summed E-state index contributed by atoms with van der Waals surface area (Å²) < 4.78 is 15.1. The molecular weight excluding hydrogens is 406 g/mol. The zero-order valence-electron chi connectivity index (χ0n) is 17.6. The standard InChI is InChI=1S/C30H17NO2/c1-3-12-24-20(8-1)23-16-18(17-28-29(23)31(24)25-13-4-6-15-27(25)32-28)19-10-7-11-22-21-9-2-5-14-26(21)33-30(19)22/h1-17H. The third-order valence-electron chi connectivity index (χ3n) is 6.78. The monoisotopic (exact) mass is 423 g/mol. The molecule has 0 N–H and O–H groups in total. The van der Waals surface area contributed by atoms with E-state index in [1.807, 2.05) is 24.3 Å². The van der Waals surface area contributed by atoms with E-state index in [1.165, 1.54) is 16.3 Å². The summed E-state index contributed by atoms with van der Waals surface area (Å²) in [7, 11) is 0. The highest BCUT2D eigenvalue weighted by Crippen LogP contribution is 2.48. The number of aromatic nitrogens is 1. The van der Waals surface area contributed by atoms with E-state index in [0.29, 0.717) is 0 Å². The second-order valence-electron chi connectivity index (χ2n) is 8.57. The molecule has 0 radical (unpaired) electrons. The number of hydrogen-bond acceptors (Lipinski definition) is 2. The lowest BCUT2D eigenvalue weighted by Gasteiger charge is -2.21. The Kier molecular flexibility index (Phi) is 3.14. The number of para-hydroxylation sites is 5. The fourth-order valence-corrected chi connectivity index (χ4v) is 5.37. The van der Waals surface area contributed by atoms with Gasteiger partial charge in [0.1, 0.15) is 11.2 Å². The van der Waals surface area contributed by atoms with Crippen LogP contribution in [-0.4, -0.2) is 4.57 Å². The van der Waals surface area contributed by atoms with Crippen molar-refractivity contribution in [2.45, 2.75) is 0 Å². The molecule has 1 aliphatic rings. The van der Waals surface area contributed by atoms with Crippen LogP contribution in [0.5, 0.6) is 11.5 Å². The Balaban J connectivity index is 1.51. The average Bonchev–Trinajstić information content (AvgIpc) is 3.41. The van der Waals surface area contributed by atoms with Gasteiger partial charge in [0.15, 0.2) is 11.5 Å². The molecule has 0 unspecified atom stereocenters. The van der Waals surface area contributed by atoms with Gasteiger partial charge in [-0.2, -0.15) is 0 Å². The van der Waals surface area contributed by atoms with Gasteiger partial charge in [-0.3, -0.25) is 0 Å². The van der Waals surface area contributed by atoms with E-state index < -0.39 is 0 Å². The van der Waals surface area contributed by atoms with Gasteiger partial charge in [-0.1, -0.05) is 66.7 Å². The van der Waals surface area contributed by atoms with Gasteiger partial charge in [0.25, 0.3) is 0 Å². The van der Waals surface area contributed by atoms with Gasteiger partial charge in [0, 0.05) is 27.1 Å². The minimum atomic E-state index is 0.866. The lowest BCUT2D eigenvalue weighted by Crippen LogP contribution is -2.03. The molecule has 154 valence electrons. The van der Waals surface area contributed by atoms with Crippen LogP contribution >= 0.6 is 0 Å². The van der Waals surface area contributed by atoms with Gasteiger partial charge in [0.2, 0.25) is 0 Å². The van der Waals surface area contributed by atoms with Crippen LogP contribution in [0.1, 0.15) is 0 Å². The van der Waals surface area contributed by atoms with Crippen molar-refractivity contribution in [3.63, 3.8) is 0 Å². The SMILES string of the molecule is c1ccc2c(c1)Oc1cc(-c3cccc4c3oc3ccccc34)cc3c4ccccc4n-2c13. The zero-order valence-corrected chi connectivity index (χ0v) is 17.6. The summed E-state index contributed by atoms with van der Waals surface area (Å²) in [6.07, 6.45) is 0. The summed E-state index contributed by atoms with van der Waals surface area (Å²) in [4.78, 5) is 0. The molecule has 0 amide bonds. The molecule has 1 aliphatic heterocycles. The first-order valence-corrected chi connectivity index (χ1v) is 11.1. The Bertz CT molecular complexity index is 1900. The van der Waals surface area contributed by atoms with Crippen LogP contribution in [0.25, 0.3) is 60.6 Å². The number of benzene rings is 5. The highest BCUT2D eigenvalue weighted by Gasteiger charge is 2.25. The lowest BCUT2D eigenvalue weighted by molar-refractivity contribution is 0.476. The fraction of sp³-hybridized carbons (Fsp3) is 0. The topological polar surface area (TPSA) is 27.3 Å². The predicted octanol–water partition coefficient (Wildman–Crippen LogP) is 8.46. The quantitative estimate of drug-likeness (QED) is 0.265. The molecule has 2 aromatic heterocycles. The molecule has 0 atom stereocenters. The molecule has 8 rings (SSSR count). The number of rotatable bonds is 1. The van der Waals surface area contributed by atoms with Crippen LogP contribution < -0.4 is 4.74 Å². The normalized spacial score (nSPS) is 12.5. The predicted molar refractivity (Wildman–Crippen MR) is 134 cm³/mol. The number of fused-ring (bicyclic) bond motifs is 8. The Morgan fingerprint density at radius 3 is 2.33 bits per heavy atom. The van der Waals surface area contributed by atoms with Gasteiger partial charge in [-0.25, -0.2) is 0 Å². The van der Waals surface area contributed by atoms with Crippen molar-refractivity contribution in [2.24, 2.45) is 0 Å². The maximum atomic E-state index is 6.46. The third-order valence-corrected chi connectivity index (χ3v) is 6.78. The summed E-state index contributed by atoms with van der Waals surface area (Å²) in [5.74, 6) is 1.73. The summed E-state index contributed by atoms with van der Waals surface area (Å²) in [5.41, 5.74) is 7.34. The highest BCUT2D eigenvalue weighted by atomic mass is 16.5. The first-order valence-electron chi connectivity index (χ1n) is 11.1. The molecule has 0 bridgehead atoms. The number of ether oxygens (including phenoxy) is 1.